The molecule has 0 aromatic heterocycles. The molecule has 0 fully saturated rings. The highest BCUT2D eigenvalue weighted by Crippen LogP contribution is 2.34. The average molecular weight is 249 g/mol. The van der Waals surface area contributed by atoms with Gasteiger partial charge in [0.1, 0.15) is 5.82 Å². The first-order valence-electron chi connectivity index (χ1n) is 4.94. The SMILES string of the molecule is NS(=O)(=O)c1cccc2c3ccc(c(F)c3)c12. The average Bonchev–Trinajstić information content (AvgIpc) is 2.28. The summed E-state index contributed by atoms with van der Waals surface area (Å²) in [7, 11) is -3.85. The molecule has 0 atom stereocenters. The first-order chi connectivity index (χ1) is 7.98. The zero-order chi connectivity index (χ0) is 12.2. The summed E-state index contributed by atoms with van der Waals surface area (Å²) in [5.74, 6) is -0.425. The van der Waals surface area contributed by atoms with Crippen LogP contribution >= 0.6 is 0 Å². The number of rotatable bonds is 1. The zero-order valence-electron chi connectivity index (χ0n) is 8.64. The lowest BCUT2D eigenvalue weighted by Crippen LogP contribution is -2.12. The van der Waals surface area contributed by atoms with Crippen molar-refractivity contribution in [2.24, 2.45) is 5.14 Å². The van der Waals surface area contributed by atoms with E-state index < -0.39 is 15.8 Å². The van der Waals surface area contributed by atoms with Crippen molar-refractivity contribution in [3.63, 3.8) is 0 Å². The molecular formula is C12H8FNO2S. The predicted molar refractivity (Wildman–Crippen MR) is 64.0 cm³/mol. The summed E-state index contributed by atoms with van der Waals surface area (Å²) < 4.78 is 36.6. The maximum atomic E-state index is 13.6. The van der Waals surface area contributed by atoms with E-state index in [2.05, 4.69) is 0 Å². The highest BCUT2D eigenvalue weighted by Gasteiger charge is 2.17. The molecule has 3 nitrogen and oxygen atoms in total. The predicted octanol–water partition coefficient (Wildman–Crippen LogP) is 2.22. The molecule has 86 valence electrons. The van der Waals surface area contributed by atoms with Crippen molar-refractivity contribution in [3.05, 3.63) is 42.2 Å². The third-order valence-corrected chi connectivity index (χ3v) is 3.84. The summed E-state index contributed by atoms with van der Waals surface area (Å²) in [5.41, 5.74) is 0. The Balaban J connectivity index is 2.66. The number of primary sulfonamides is 1. The number of fused-ring (bicyclic) bond motifs is 2. The highest BCUT2D eigenvalue weighted by atomic mass is 32.2. The molecule has 0 saturated carbocycles. The van der Waals surface area contributed by atoms with Gasteiger partial charge in [0.15, 0.2) is 0 Å². The van der Waals surface area contributed by atoms with Gasteiger partial charge < -0.3 is 0 Å². The number of halogens is 1. The Bertz CT molecular complexity index is 827. The van der Waals surface area contributed by atoms with Gasteiger partial charge in [-0.2, -0.15) is 0 Å². The van der Waals surface area contributed by atoms with Crippen LogP contribution in [0.5, 0.6) is 0 Å². The molecule has 0 aliphatic carbocycles. The Morgan fingerprint density at radius 2 is 1.82 bits per heavy atom. The van der Waals surface area contributed by atoms with E-state index in [1.165, 1.54) is 12.1 Å². The van der Waals surface area contributed by atoms with Crippen LogP contribution in [-0.2, 0) is 10.0 Å². The molecule has 0 aliphatic rings. The van der Waals surface area contributed by atoms with Crippen molar-refractivity contribution in [1.82, 2.24) is 0 Å². The normalized spacial score (nSPS) is 12.6. The van der Waals surface area contributed by atoms with Crippen LogP contribution in [0.25, 0.3) is 21.5 Å². The molecule has 2 N–H and O–H groups in total. The molecule has 0 radical (unpaired) electrons. The number of benzene rings is 4. The molecule has 0 unspecified atom stereocenters. The summed E-state index contributed by atoms with van der Waals surface area (Å²) >= 11 is 0. The zero-order valence-corrected chi connectivity index (χ0v) is 9.46. The first kappa shape index (κ1) is 10.4. The molecule has 4 aromatic carbocycles. The monoisotopic (exact) mass is 249 g/mol. The quantitative estimate of drug-likeness (QED) is 0.718. The van der Waals surface area contributed by atoms with Crippen LogP contribution in [0, 0.1) is 5.82 Å². The summed E-state index contributed by atoms with van der Waals surface area (Å²) in [6.07, 6.45) is 0. The second-order valence-corrected chi connectivity index (χ2v) is 5.45. The lowest BCUT2D eigenvalue weighted by atomic mass is 9.99. The van der Waals surface area contributed by atoms with Gasteiger partial charge in [0.2, 0.25) is 10.0 Å². The number of hydrogen-bond acceptors (Lipinski definition) is 2. The topological polar surface area (TPSA) is 60.2 Å². The molecule has 4 aromatic rings. The van der Waals surface area contributed by atoms with Gasteiger partial charge in [0.05, 0.1) is 4.90 Å². The van der Waals surface area contributed by atoms with Gasteiger partial charge >= 0.3 is 0 Å². The van der Waals surface area contributed by atoms with E-state index in [-0.39, 0.29) is 10.3 Å². The van der Waals surface area contributed by atoms with Gasteiger partial charge in [-0.25, -0.2) is 17.9 Å². The number of nitrogens with two attached hydrogens (primary N) is 1. The van der Waals surface area contributed by atoms with Crippen LogP contribution < -0.4 is 5.14 Å². The third-order valence-electron chi connectivity index (χ3n) is 2.88. The lowest BCUT2D eigenvalue weighted by molar-refractivity contribution is 0.598. The van der Waals surface area contributed by atoms with Gasteiger partial charge in [-0.15, -0.1) is 0 Å². The van der Waals surface area contributed by atoms with Crippen LogP contribution in [0.1, 0.15) is 0 Å². The fourth-order valence-corrected chi connectivity index (χ4v) is 2.94. The minimum atomic E-state index is -3.85. The minimum absolute atomic E-state index is 0.0323. The molecule has 4 rings (SSSR count). The van der Waals surface area contributed by atoms with Crippen molar-refractivity contribution in [3.8, 4) is 0 Å². The fraction of sp³-hybridized carbons (Fsp3) is 0. The molecular weight excluding hydrogens is 241 g/mol. The van der Waals surface area contributed by atoms with Crippen LogP contribution in [-0.4, -0.2) is 8.42 Å². The van der Waals surface area contributed by atoms with Crippen LogP contribution in [0.4, 0.5) is 4.39 Å². The van der Waals surface area contributed by atoms with Crippen molar-refractivity contribution in [2.45, 2.75) is 4.90 Å². The van der Waals surface area contributed by atoms with Crippen molar-refractivity contribution < 1.29 is 12.8 Å². The maximum Gasteiger partial charge on any atom is 0.238 e. The molecule has 2 bridgehead atoms. The summed E-state index contributed by atoms with van der Waals surface area (Å²) in [5, 5.41) is 7.16. The first-order valence-corrected chi connectivity index (χ1v) is 6.49. The molecule has 0 spiro atoms. The molecule has 0 saturated heterocycles. The Hall–Kier alpha value is -1.72. The molecule has 17 heavy (non-hydrogen) atoms. The Morgan fingerprint density at radius 1 is 1.06 bits per heavy atom. The van der Waals surface area contributed by atoms with E-state index in [1.807, 2.05) is 0 Å². The van der Waals surface area contributed by atoms with E-state index >= 15 is 0 Å². The van der Waals surface area contributed by atoms with E-state index in [4.69, 9.17) is 5.14 Å². The van der Waals surface area contributed by atoms with Gasteiger partial charge in [-0.3, -0.25) is 0 Å². The van der Waals surface area contributed by atoms with E-state index in [0.717, 1.165) is 0 Å². The van der Waals surface area contributed by atoms with Gasteiger partial charge in [-0.1, -0.05) is 24.3 Å². The molecule has 5 heteroatoms. The smallest absolute Gasteiger partial charge is 0.225 e. The summed E-state index contributed by atoms with van der Waals surface area (Å²) in [6.45, 7) is 0. The summed E-state index contributed by atoms with van der Waals surface area (Å²) in [6, 6.07) is 9.47. The second kappa shape index (κ2) is 3.15. The third kappa shape index (κ3) is 1.40. The Kier molecular flexibility index (Phi) is 1.93. The van der Waals surface area contributed by atoms with Gasteiger partial charge in [0, 0.05) is 10.8 Å². The van der Waals surface area contributed by atoms with E-state index in [9.17, 15) is 12.8 Å². The van der Waals surface area contributed by atoms with Gasteiger partial charge in [-0.05, 0) is 22.9 Å². The van der Waals surface area contributed by atoms with Crippen LogP contribution in [0.15, 0.2) is 41.3 Å². The second-order valence-electron chi connectivity index (χ2n) is 3.92. The lowest BCUT2D eigenvalue weighted by Gasteiger charge is -2.11. The van der Waals surface area contributed by atoms with Gasteiger partial charge in [0.25, 0.3) is 0 Å². The largest absolute Gasteiger partial charge is 0.238 e. The van der Waals surface area contributed by atoms with Crippen molar-refractivity contribution in [2.75, 3.05) is 0 Å². The van der Waals surface area contributed by atoms with E-state index in [0.29, 0.717) is 16.2 Å². The minimum Gasteiger partial charge on any atom is -0.225 e. The molecule has 0 amide bonds. The summed E-state index contributed by atoms with van der Waals surface area (Å²) in [4.78, 5) is -0.0323. The molecule has 0 heterocycles. The highest BCUT2D eigenvalue weighted by molar-refractivity contribution is 7.89. The number of sulfonamides is 1. The standard InChI is InChI=1S/C12H8FNO2S/c13-10-6-7-4-5-9(10)12-8(7)2-1-3-11(12)17(14,15)16/h1-6H,(H2,14,15,16). The van der Waals surface area contributed by atoms with Crippen molar-refractivity contribution in [1.29, 1.82) is 0 Å². The van der Waals surface area contributed by atoms with Crippen LogP contribution in [0.2, 0.25) is 0 Å². The fourth-order valence-electron chi connectivity index (χ4n) is 2.17. The maximum absolute atomic E-state index is 13.6. The number of hydrogen-bond donors (Lipinski definition) is 1. The van der Waals surface area contributed by atoms with Crippen molar-refractivity contribution >= 4 is 31.6 Å². The Morgan fingerprint density at radius 3 is 2.47 bits per heavy atom. The Labute approximate surface area is 97.0 Å². The van der Waals surface area contributed by atoms with Crippen LogP contribution in [0.3, 0.4) is 0 Å². The molecule has 0 aliphatic heterocycles. The van der Waals surface area contributed by atoms with E-state index in [1.54, 1.807) is 24.3 Å².